The zero-order valence-corrected chi connectivity index (χ0v) is 12.3. The lowest BCUT2D eigenvalue weighted by molar-refractivity contribution is -0.383. The van der Waals surface area contributed by atoms with Crippen LogP contribution in [0, 0.1) is 10.1 Å². The monoisotopic (exact) mass is 354 g/mol. The highest BCUT2D eigenvalue weighted by Gasteiger charge is 2.34. The molecular weight excluding hydrogens is 348 g/mol. The summed E-state index contributed by atoms with van der Waals surface area (Å²) in [5.74, 6) is -0.271. The molecule has 0 fully saturated rings. The van der Waals surface area contributed by atoms with Crippen molar-refractivity contribution < 1.29 is 18.1 Å². The minimum Gasteiger partial charge on any atom is -0.378 e. The topological polar surface area (TPSA) is 87.0 Å². The van der Waals surface area contributed by atoms with Crippen LogP contribution in [-0.4, -0.2) is 14.7 Å². The molecule has 0 amide bonds. The molecule has 0 aliphatic heterocycles. The summed E-state index contributed by atoms with van der Waals surface area (Å²) in [6, 6.07) is 1.24. The van der Waals surface area contributed by atoms with Gasteiger partial charge in [0, 0.05) is 12.6 Å². The van der Waals surface area contributed by atoms with Gasteiger partial charge >= 0.3 is 11.9 Å². The number of aromatic nitrogens is 2. The van der Waals surface area contributed by atoms with E-state index in [2.05, 4.69) is 5.10 Å². The maximum absolute atomic E-state index is 12.7. The Balaban J connectivity index is 2.75. The Morgan fingerprint density at radius 3 is 2.23 bits per heavy atom. The lowest BCUT2D eigenvalue weighted by atomic mass is 10.1. The Bertz CT molecular complexity index is 750. The van der Waals surface area contributed by atoms with E-state index >= 15 is 0 Å². The van der Waals surface area contributed by atoms with Gasteiger partial charge in [-0.15, -0.1) is 0 Å². The maximum Gasteiger partial charge on any atom is 0.416 e. The molecule has 2 N–H and O–H groups in total. The fraction of sp³-hybridized carbons (Fsp3) is 0.182. The summed E-state index contributed by atoms with van der Waals surface area (Å²) in [5.41, 5.74) is 3.40. The molecule has 0 unspecified atom stereocenters. The first kappa shape index (κ1) is 16.4. The molecular formula is C11H7Cl2F3N4O2. The number of nitrogen functional groups attached to an aromatic ring is 1. The molecule has 118 valence electrons. The second-order valence-corrected chi connectivity index (χ2v) is 5.09. The number of alkyl halides is 3. The van der Waals surface area contributed by atoms with Gasteiger partial charge in [0.05, 0.1) is 20.5 Å². The van der Waals surface area contributed by atoms with Crippen LogP contribution < -0.4 is 5.73 Å². The normalized spacial score (nSPS) is 11.7. The molecule has 0 aliphatic carbocycles. The van der Waals surface area contributed by atoms with Gasteiger partial charge in [0.15, 0.2) is 5.69 Å². The molecule has 0 radical (unpaired) electrons. The Morgan fingerprint density at radius 2 is 1.82 bits per heavy atom. The summed E-state index contributed by atoms with van der Waals surface area (Å²) in [5, 5.41) is 14.1. The van der Waals surface area contributed by atoms with Crippen LogP contribution in [0.15, 0.2) is 12.1 Å². The highest BCUT2D eigenvalue weighted by Crippen LogP contribution is 2.44. The third-order valence-corrected chi connectivity index (χ3v) is 3.45. The van der Waals surface area contributed by atoms with Gasteiger partial charge in [-0.2, -0.15) is 18.3 Å². The van der Waals surface area contributed by atoms with Crippen LogP contribution in [0.5, 0.6) is 0 Å². The van der Waals surface area contributed by atoms with E-state index in [0.717, 1.165) is 4.68 Å². The van der Waals surface area contributed by atoms with Gasteiger partial charge in [-0.05, 0) is 12.1 Å². The maximum atomic E-state index is 12.7. The lowest BCUT2D eigenvalue weighted by Crippen LogP contribution is -2.05. The van der Waals surface area contributed by atoms with Crippen LogP contribution in [0.4, 0.5) is 24.7 Å². The number of nitrogens with zero attached hydrogens (tertiary/aromatic N) is 3. The van der Waals surface area contributed by atoms with Gasteiger partial charge in [-0.1, -0.05) is 23.2 Å². The van der Waals surface area contributed by atoms with Crippen molar-refractivity contribution in [3.63, 3.8) is 0 Å². The van der Waals surface area contributed by atoms with Gasteiger partial charge < -0.3 is 5.73 Å². The number of nitrogens with two attached hydrogens (primary N) is 1. The first-order valence-corrected chi connectivity index (χ1v) is 6.33. The Morgan fingerprint density at radius 1 is 1.32 bits per heavy atom. The summed E-state index contributed by atoms with van der Waals surface area (Å²) < 4.78 is 39.1. The molecule has 2 rings (SSSR count). The van der Waals surface area contributed by atoms with Crippen LogP contribution in [0.25, 0.3) is 11.3 Å². The van der Waals surface area contributed by atoms with Crippen molar-refractivity contribution in [2.45, 2.75) is 6.18 Å². The van der Waals surface area contributed by atoms with E-state index < -0.39 is 32.4 Å². The summed E-state index contributed by atoms with van der Waals surface area (Å²) in [6.07, 6.45) is -4.65. The summed E-state index contributed by atoms with van der Waals surface area (Å²) >= 11 is 11.6. The predicted molar refractivity (Wildman–Crippen MR) is 74.7 cm³/mol. The number of halogens is 5. The number of nitro groups is 1. The number of rotatable bonds is 2. The largest absolute Gasteiger partial charge is 0.416 e. The third kappa shape index (κ3) is 2.69. The van der Waals surface area contributed by atoms with E-state index in [1.54, 1.807) is 0 Å². The van der Waals surface area contributed by atoms with E-state index in [4.69, 9.17) is 28.9 Å². The number of benzene rings is 1. The fourth-order valence-electron chi connectivity index (χ4n) is 1.84. The summed E-state index contributed by atoms with van der Waals surface area (Å²) in [6.45, 7) is 0. The van der Waals surface area contributed by atoms with Crippen molar-refractivity contribution in [2.75, 3.05) is 5.73 Å². The molecule has 2 aromatic rings. The molecule has 1 heterocycles. The van der Waals surface area contributed by atoms with E-state index in [0.29, 0.717) is 12.1 Å². The smallest absolute Gasteiger partial charge is 0.378 e. The van der Waals surface area contributed by atoms with Crippen LogP contribution in [0.1, 0.15) is 5.56 Å². The van der Waals surface area contributed by atoms with Crippen LogP contribution in [0.2, 0.25) is 10.0 Å². The zero-order valence-electron chi connectivity index (χ0n) is 10.8. The molecule has 6 nitrogen and oxygen atoms in total. The minimum atomic E-state index is -4.65. The van der Waals surface area contributed by atoms with Crippen molar-refractivity contribution in [2.24, 2.45) is 7.05 Å². The van der Waals surface area contributed by atoms with Crippen LogP contribution in [0.3, 0.4) is 0 Å². The van der Waals surface area contributed by atoms with E-state index in [1.807, 2.05) is 0 Å². The third-order valence-electron chi connectivity index (χ3n) is 2.85. The molecule has 11 heteroatoms. The molecule has 0 aliphatic rings. The summed E-state index contributed by atoms with van der Waals surface area (Å²) in [7, 11) is 1.34. The summed E-state index contributed by atoms with van der Waals surface area (Å²) in [4.78, 5) is 10.3. The highest BCUT2D eigenvalue weighted by atomic mass is 35.5. The molecule has 22 heavy (non-hydrogen) atoms. The molecule has 0 bridgehead atoms. The molecule has 0 saturated heterocycles. The standard InChI is InChI=1S/C11H7Cl2F3N4O2/c1-19-10(17)9(20(21)22)8(18-19)7-5(12)2-4(3-6(7)13)11(14,15)16/h2-3H,17H2,1H3. The van der Waals surface area contributed by atoms with Crippen LogP contribution in [-0.2, 0) is 13.2 Å². The average molecular weight is 355 g/mol. The van der Waals surface area contributed by atoms with Gasteiger partial charge in [0.25, 0.3) is 0 Å². The van der Waals surface area contributed by atoms with Gasteiger partial charge in [0.1, 0.15) is 0 Å². The minimum absolute atomic E-state index is 0.185. The quantitative estimate of drug-likeness (QED) is 0.654. The number of hydrogen-bond acceptors (Lipinski definition) is 4. The first-order chi connectivity index (χ1) is 10.0. The number of aryl methyl sites for hydroxylation is 1. The van der Waals surface area contributed by atoms with Crippen LogP contribution >= 0.6 is 23.2 Å². The predicted octanol–water partition coefficient (Wildman–Crippen LogP) is 3.90. The number of anilines is 1. The first-order valence-electron chi connectivity index (χ1n) is 5.57. The fourth-order valence-corrected chi connectivity index (χ4v) is 2.50. The van der Waals surface area contributed by atoms with Crippen molar-refractivity contribution in [1.29, 1.82) is 0 Å². The van der Waals surface area contributed by atoms with Crippen molar-refractivity contribution >= 4 is 34.7 Å². The Kier molecular flexibility index (Phi) is 3.96. The van der Waals surface area contributed by atoms with Gasteiger partial charge in [-0.3, -0.25) is 10.1 Å². The second-order valence-electron chi connectivity index (χ2n) is 4.28. The highest BCUT2D eigenvalue weighted by molar-refractivity contribution is 6.39. The van der Waals surface area contributed by atoms with E-state index in [1.165, 1.54) is 7.05 Å². The van der Waals surface area contributed by atoms with Crippen molar-refractivity contribution in [3.05, 3.63) is 37.9 Å². The molecule has 0 atom stereocenters. The number of hydrogen-bond donors (Lipinski definition) is 1. The molecule has 0 spiro atoms. The second kappa shape index (κ2) is 5.33. The Labute approximate surface area is 131 Å². The lowest BCUT2D eigenvalue weighted by Gasteiger charge is -2.10. The van der Waals surface area contributed by atoms with Crippen molar-refractivity contribution in [1.82, 2.24) is 9.78 Å². The van der Waals surface area contributed by atoms with E-state index in [-0.39, 0.29) is 17.1 Å². The van der Waals surface area contributed by atoms with E-state index in [9.17, 15) is 23.3 Å². The SMILES string of the molecule is Cn1nc(-c2c(Cl)cc(C(F)(F)F)cc2Cl)c([N+](=O)[O-])c1N. The Hall–Kier alpha value is -2.00. The molecule has 0 saturated carbocycles. The average Bonchev–Trinajstić information content (AvgIpc) is 2.63. The van der Waals surface area contributed by atoms with Gasteiger partial charge in [-0.25, -0.2) is 4.68 Å². The van der Waals surface area contributed by atoms with Crippen molar-refractivity contribution in [3.8, 4) is 11.3 Å². The van der Waals surface area contributed by atoms with Gasteiger partial charge in [0.2, 0.25) is 5.82 Å². The molecule has 1 aromatic heterocycles. The molecule has 1 aromatic carbocycles. The zero-order chi connectivity index (χ0) is 16.8.